The number of amides is 1. The number of rotatable bonds is 10. The Labute approximate surface area is 219 Å². The van der Waals surface area contributed by atoms with Crippen LogP contribution in [0.2, 0.25) is 5.02 Å². The summed E-state index contributed by atoms with van der Waals surface area (Å²) in [6.45, 7) is 7.48. The van der Waals surface area contributed by atoms with E-state index in [1.165, 1.54) is 0 Å². The van der Waals surface area contributed by atoms with Gasteiger partial charge in [-0.15, -0.1) is 0 Å². The van der Waals surface area contributed by atoms with Gasteiger partial charge in [-0.1, -0.05) is 61.3 Å². The fourth-order valence-corrected chi connectivity index (χ4v) is 5.43. The van der Waals surface area contributed by atoms with Crippen molar-refractivity contribution in [1.82, 2.24) is 5.32 Å². The normalized spacial score (nSPS) is 12.3. The summed E-state index contributed by atoms with van der Waals surface area (Å²) >= 11 is 6.33. The van der Waals surface area contributed by atoms with Crippen molar-refractivity contribution in [3.63, 3.8) is 0 Å². The number of sulfonamides is 1. The Morgan fingerprint density at radius 2 is 1.64 bits per heavy atom. The third-order valence-corrected chi connectivity index (χ3v) is 8.10. The molecule has 192 valence electrons. The highest BCUT2D eigenvalue weighted by Crippen LogP contribution is 2.29. The topological polar surface area (TPSA) is 75.7 Å². The molecule has 0 aliphatic carbocycles. The van der Waals surface area contributed by atoms with Crippen molar-refractivity contribution >= 4 is 33.2 Å². The number of ether oxygens (including phenoxy) is 1. The molecule has 0 spiro atoms. The standard InChI is InChI=1S/C28H33ClN2O4S/c1-19(2)16-27(22-9-12-24(35-5)13-10-22)30-28(32)18-31(23-11-8-21(4)26(29)17-23)36(33,34)25-14-6-20(3)7-15-25/h6-15,17,19,27H,16,18H2,1-5H3,(H,30,32)/t27-/m1/s1. The van der Waals surface area contributed by atoms with Crippen LogP contribution in [0.1, 0.15) is 43.0 Å². The van der Waals surface area contributed by atoms with Crippen LogP contribution in [0.5, 0.6) is 5.75 Å². The second-order valence-electron chi connectivity index (χ2n) is 9.28. The first-order valence-corrected chi connectivity index (χ1v) is 13.6. The molecular formula is C28H33ClN2O4S. The molecule has 0 radical (unpaired) electrons. The lowest BCUT2D eigenvalue weighted by Crippen LogP contribution is -2.42. The number of aryl methyl sites for hydroxylation is 2. The van der Waals surface area contributed by atoms with Crippen molar-refractivity contribution in [3.05, 3.63) is 88.4 Å². The Morgan fingerprint density at radius 1 is 1.00 bits per heavy atom. The van der Waals surface area contributed by atoms with Crippen LogP contribution in [0.4, 0.5) is 5.69 Å². The highest BCUT2D eigenvalue weighted by atomic mass is 35.5. The lowest BCUT2D eigenvalue weighted by atomic mass is 9.97. The van der Waals surface area contributed by atoms with E-state index >= 15 is 0 Å². The Hall–Kier alpha value is -3.03. The number of methoxy groups -OCH3 is 1. The number of anilines is 1. The number of carbonyl (C=O) groups is 1. The Morgan fingerprint density at radius 3 is 2.19 bits per heavy atom. The number of halogens is 1. The number of hydrogen-bond acceptors (Lipinski definition) is 4. The third kappa shape index (κ3) is 6.80. The molecule has 1 amide bonds. The van der Waals surface area contributed by atoms with E-state index in [2.05, 4.69) is 19.2 Å². The van der Waals surface area contributed by atoms with Crippen molar-refractivity contribution in [2.45, 2.75) is 45.1 Å². The molecule has 0 aromatic heterocycles. The molecule has 0 aliphatic rings. The van der Waals surface area contributed by atoms with Gasteiger partial charge in [0.05, 0.1) is 23.7 Å². The molecule has 0 saturated carbocycles. The molecule has 0 heterocycles. The molecule has 3 aromatic rings. The maximum Gasteiger partial charge on any atom is 0.264 e. The lowest BCUT2D eigenvalue weighted by Gasteiger charge is -2.27. The zero-order valence-electron chi connectivity index (χ0n) is 21.3. The highest BCUT2D eigenvalue weighted by Gasteiger charge is 2.28. The van der Waals surface area contributed by atoms with E-state index < -0.39 is 15.9 Å². The van der Waals surface area contributed by atoms with Gasteiger partial charge in [0.25, 0.3) is 10.0 Å². The zero-order valence-corrected chi connectivity index (χ0v) is 22.9. The summed E-state index contributed by atoms with van der Waals surface area (Å²) in [5.74, 6) is 0.615. The fraction of sp³-hybridized carbons (Fsp3) is 0.321. The number of nitrogens with one attached hydrogen (secondary N) is 1. The summed E-state index contributed by atoms with van der Waals surface area (Å²) in [5, 5.41) is 3.47. The van der Waals surface area contributed by atoms with Gasteiger partial charge >= 0.3 is 0 Å². The fourth-order valence-electron chi connectivity index (χ4n) is 3.85. The maximum absolute atomic E-state index is 13.7. The van der Waals surface area contributed by atoms with Crippen molar-refractivity contribution in [1.29, 1.82) is 0 Å². The van der Waals surface area contributed by atoms with Crippen LogP contribution in [0, 0.1) is 19.8 Å². The van der Waals surface area contributed by atoms with Crippen LogP contribution >= 0.6 is 11.6 Å². The van der Waals surface area contributed by atoms with Gasteiger partial charge in [0.1, 0.15) is 12.3 Å². The molecule has 6 nitrogen and oxygen atoms in total. The number of carbonyl (C=O) groups excluding carboxylic acids is 1. The second-order valence-corrected chi connectivity index (χ2v) is 11.6. The van der Waals surface area contributed by atoms with Crippen LogP contribution in [-0.4, -0.2) is 28.0 Å². The van der Waals surface area contributed by atoms with Gasteiger partial charge in [0.15, 0.2) is 0 Å². The van der Waals surface area contributed by atoms with E-state index in [4.69, 9.17) is 16.3 Å². The summed E-state index contributed by atoms with van der Waals surface area (Å²) in [6.07, 6.45) is 0.694. The van der Waals surface area contributed by atoms with Crippen LogP contribution in [0.25, 0.3) is 0 Å². The minimum atomic E-state index is -4.03. The minimum absolute atomic E-state index is 0.103. The maximum atomic E-state index is 13.7. The monoisotopic (exact) mass is 528 g/mol. The molecule has 0 fully saturated rings. The van der Waals surface area contributed by atoms with Gasteiger partial charge in [-0.2, -0.15) is 0 Å². The molecule has 3 aromatic carbocycles. The van der Waals surface area contributed by atoms with Gasteiger partial charge in [-0.3, -0.25) is 9.10 Å². The SMILES string of the molecule is COc1ccc([C@@H](CC(C)C)NC(=O)CN(c2ccc(C)c(Cl)c2)S(=O)(=O)c2ccc(C)cc2)cc1. The minimum Gasteiger partial charge on any atom is -0.497 e. The summed E-state index contributed by atoms with van der Waals surface area (Å²) in [6, 6.07) is 18.8. The van der Waals surface area contributed by atoms with Gasteiger partial charge in [0.2, 0.25) is 5.91 Å². The highest BCUT2D eigenvalue weighted by molar-refractivity contribution is 7.92. The Bertz CT molecular complexity index is 1290. The Kier molecular flexibility index (Phi) is 9.03. The predicted octanol–water partition coefficient (Wildman–Crippen LogP) is 6.06. The largest absolute Gasteiger partial charge is 0.497 e. The summed E-state index contributed by atoms with van der Waals surface area (Å²) in [7, 11) is -2.43. The average Bonchev–Trinajstić information content (AvgIpc) is 2.84. The molecule has 0 saturated heterocycles. The van der Waals surface area contributed by atoms with Crippen LogP contribution < -0.4 is 14.4 Å². The Balaban J connectivity index is 1.94. The summed E-state index contributed by atoms with van der Waals surface area (Å²) in [5.41, 5.74) is 3.00. The van der Waals surface area contributed by atoms with Gasteiger partial charge in [0, 0.05) is 5.02 Å². The molecule has 36 heavy (non-hydrogen) atoms. The molecule has 0 aliphatic heterocycles. The molecule has 8 heteroatoms. The van der Waals surface area contributed by atoms with Crippen LogP contribution in [0.15, 0.2) is 71.6 Å². The van der Waals surface area contributed by atoms with E-state index in [1.807, 2.05) is 38.1 Å². The van der Waals surface area contributed by atoms with E-state index in [0.717, 1.165) is 26.7 Å². The van der Waals surface area contributed by atoms with Crippen molar-refractivity contribution < 1.29 is 17.9 Å². The van der Waals surface area contributed by atoms with Gasteiger partial charge < -0.3 is 10.1 Å². The smallest absolute Gasteiger partial charge is 0.264 e. The van der Waals surface area contributed by atoms with E-state index in [0.29, 0.717) is 23.0 Å². The lowest BCUT2D eigenvalue weighted by molar-refractivity contribution is -0.120. The van der Waals surface area contributed by atoms with Crippen molar-refractivity contribution in [3.8, 4) is 5.75 Å². The number of benzene rings is 3. The third-order valence-electron chi connectivity index (χ3n) is 5.90. The summed E-state index contributed by atoms with van der Waals surface area (Å²) in [4.78, 5) is 13.4. The zero-order chi connectivity index (χ0) is 26.5. The number of hydrogen-bond donors (Lipinski definition) is 1. The molecule has 3 rings (SSSR count). The van der Waals surface area contributed by atoms with Crippen LogP contribution in [0.3, 0.4) is 0 Å². The quantitative estimate of drug-likeness (QED) is 0.347. The van der Waals surface area contributed by atoms with E-state index in [9.17, 15) is 13.2 Å². The second kappa shape index (κ2) is 11.8. The van der Waals surface area contributed by atoms with E-state index in [1.54, 1.807) is 49.6 Å². The van der Waals surface area contributed by atoms with Crippen molar-refractivity contribution in [2.75, 3.05) is 18.0 Å². The molecule has 1 N–H and O–H groups in total. The molecule has 1 atom stereocenters. The molecule has 0 bridgehead atoms. The number of nitrogens with zero attached hydrogens (tertiary/aromatic N) is 1. The summed E-state index contributed by atoms with van der Waals surface area (Å²) < 4.78 is 33.7. The first-order valence-electron chi connectivity index (χ1n) is 11.8. The van der Waals surface area contributed by atoms with Gasteiger partial charge in [-0.05, 0) is 73.7 Å². The van der Waals surface area contributed by atoms with Crippen LogP contribution in [-0.2, 0) is 14.8 Å². The van der Waals surface area contributed by atoms with E-state index in [-0.39, 0.29) is 17.5 Å². The molecular weight excluding hydrogens is 496 g/mol. The molecule has 0 unspecified atom stereocenters. The first kappa shape index (κ1) is 27.6. The average molecular weight is 529 g/mol. The van der Waals surface area contributed by atoms with Crippen molar-refractivity contribution in [2.24, 2.45) is 5.92 Å². The predicted molar refractivity (Wildman–Crippen MR) is 145 cm³/mol. The first-order chi connectivity index (χ1) is 17.0. The van der Waals surface area contributed by atoms with Gasteiger partial charge in [-0.25, -0.2) is 8.42 Å².